The number of halogens is 1. The standard InChI is InChI=1S/C14H17FN2O4/c1-8(11-6-3-7-21-11)16-14(20)17-12-9(13(18)19)4-2-5-10(12)15/h2,4-5,8,11H,3,6-7H2,1H3,(H,18,19)(H2,16,17,20). The van der Waals surface area contributed by atoms with Crippen molar-refractivity contribution in [2.24, 2.45) is 0 Å². The first-order valence-electron chi connectivity index (χ1n) is 6.70. The number of urea groups is 1. The summed E-state index contributed by atoms with van der Waals surface area (Å²) in [4.78, 5) is 22.9. The number of benzene rings is 1. The molecule has 0 spiro atoms. The molecule has 0 aliphatic carbocycles. The third-order valence-corrected chi connectivity index (χ3v) is 3.36. The molecule has 2 atom stereocenters. The molecule has 2 rings (SSSR count). The van der Waals surface area contributed by atoms with Crippen LogP contribution in [0.25, 0.3) is 0 Å². The van der Waals surface area contributed by atoms with Crippen LogP contribution in [0, 0.1) is 5.82 Å². The maximum Gasteiger partial charge on any atom is 0.337 e. The summed E-state index contributed by atoms with van der Waals surface area (Å²) in [6.45, 7) is 2.45. The van der Waals surface area contributed by atoms with Crippen LogP contribution in [-0.4, -0.2) is 35.9 Å². The van der Waals surface area contributed by atoms with Crippen molar-refractivity contribution in [3.05, 3.63) is 29.6 Å². The number of rotatable bonds is 4. The van der Waals surface area contributed by atoms with Gasteiger partial charge in [-0.15, -0.1) is 0 Å². The van der Waals surface area contributed by atoms with Gasteiger partial charge in [-0.25, -0.2) is 14.0 Å². The normalized spacial score (nSPS) is 19.0. The summed E-state index contributed by atoms with van der Waals surface area (Å²) in [5.41, 5.74) is -0.642. The number of hydrogen-bond donors (Lipinski definition) is 3. The number of carboxylic acids is 1. The fraction of sp³-hybridized carbons (Fsp3) is 0.429. The molecule has 0 aromatic heterocycles. The van der Waals surface area contributed by atoms with Crippen molar-refractivity contribution in [3.63, 3.8) is 0 Å². The van der Waals surface area contributed by atoms with E-state index in [4.69, 9.17) is 9.84 Å². The molecule has 7 heteroatoms. The highest BCUT2D eigenvalue weighted by atomic mass is 19.1. The summed E-state index contributed by atoms with van der Waals surface area (Å²) in [5.74, 6) is -2.10. The number of nitrogens with one attached hydrogen (secondary N) is 2. The van der Waals surface area contributed by atoms with Crippen LogP contribution in [0.5, 0.6) is 0 Å². The van der Waals surface area contributed by atoms with E-state index in [0.717, 1.165) is 18.9 Å². The summed E-state index contributed by atoms with van der Waals surface area (Å²) in [6.07, 6.45) is 1.71. The number of ether oxygens (including phenoxy) is 1. The van der Waals surface area contributed by atoms with Crippen LogP contribution < -0.4 is 10.6 Å². The van der Waals surface area contributed by atoms with Crippen molar-refractivity contribution >= 4 is 17.7 Å². The van der Waals surface area contributed by atoms with Gasteiger partial charge in [0.2, 0.25) is 0 Å². The van der Waals surface area contributed by atoms with Gasteiger partial charge in [-0.1, -0.05) is 6.07 Å². The topological polar surface area (TPSA) is 87.7 Å². The first-order chi connectivity index (χ1) is 9.99. The first-order valence-corrected chi connectivity index (χ1v) is 6.70. The number of hydrogen-bond acceptors (Lipinski definition) is 3. The van der Waals surface area contributed by atoms with Gasteiger partial charge in [0, 0.05) is 6.61 Å². The maximum absolute atomic E-state index is 13.7. The molecule has 1 heterocycles. The van der Waals surface area contributed by atoms with E-state index in [1.807, 2.05) is 0 Å². The number of anilines is 1. The number of para-hydroxylation sites is 1. The van der Waals surface area contributed by atoms with E-state index < -0.39 is 17.8 Å². The smallest absolute Gasteiger partial charge is 0.337 e. The minimum Gasteiger partial charge on any atom is -0.478 e. The molecule has 0 saturated carbocycles. The molecule has 1 aromatic rings. The van der Waals surface area contributed by atoms with E-state index >= 15 is 0 Å². The molecular weight excluding hydrogens is 279 g/mol. The lowest BCUT2D eigenvalue weighted by Gasteiger charge is -2.20. The Morgan fingerprint density at radius 2 is 2.24 bits per heavy atom. The number of amides is 2. The Balaban J connectivity index is 2.04. The third-order valence-electron chi connectivity index (χ3n) is 3.36. The Morgan fingerprint density at radius 1 is 1.48 bits per heavy atom. The zero-order valence-electron chi connectivity index (χ0n) is 11.6. The zero-order chi connectivity index (χ0) is 15.4. The van der Waals surface area contributed by atoms with Crippen molar-refractivity contribution in [1.29, 1.82) is 0 Å². The zero-order valence-corrected chi connectivity index (χ0v) is 11.6. The van der Waals surface area contributed by atoms with Gasteiger partial charge in [0.15, 0.2) is 0 Å². The molecule has 1 aliphatic heterocycles. The highest BCUT2D eigenvalue weighted by Crippen LogP contribution is 2.20. The predicted octanol–water partition coefficient (Wildman–Crippen LogP) is 2.21. The number of carbonyl (C=O) groups is 2. The predicted molar refractivity (Wildman–Crippen MR) is 73.9 cm³/mol. The van der Waals surface area contributed by atoms with Gasteiger partial charge in [-0.05, 0) is 31.9 Å². The van der Waals surface area contributed by atoms with Crippen LogP contribution >= 0.6 is 0 Å². The van der Waals surface area contributed by atoms with Crippen LogP contribution in [0.15, 0.2) is 18.2 Å². The Bertz CT molecular complexity index is 544. The van der Waals surface area contributed by atoms with Crippen LogP contribution in [0.2, 0.25) is 0 Å². The Hall–Kier alpha value is -2.15. The number of carbonyl (C=O) groups excluding carboxylic acids is 1. The molecule has 3 N–H and O–H groups in total. The van der Waals surface area contributed by atoms with E-state index in [2.05, 4.69) is 10.6 Å². The fourth-order valence-electron chi connectivity index (χ4n) is 2.28. The Kier molecular flexibility index (Phi) is 4.74. The lowest BCUT2D eigenvalue weighted by molar-refractivity contribution is 0.0697. The van der Waals surface area contributed by atoms with Crippen molar-refractivity contribution in [1.82, 2.24) is 5.32 Å². The lowest BCUT2D eigenvalue weighted by Crippen LogP contribution is -2.43. The van der Waals surface area contributed by atoms with E-state index in [1.54, 1.807) is 6.92 Å². The molecule has 1 aromatic carbocycles. The van der Waals surface area contributed by atoms with Crippen LogP contribution in [-0.2, 0) is 4.74 Å². The van der Waals surface area contributed by atoms with Gasteiger partial charge in [0.1, 0.15) is 5.82 Å². The van der Waals surface area contributed by atoms with Crippen molar-refractivity contribution in [2.45, 2.75) is 31.9 Å². The van der Waals surface area contributed by atoms with E-state index in [-0.39, 0.29) is 23.4 Å². The van der Waals surface area contributed by atoms with Gasteiger partial charge in [0.25, 0.3) is 0 Å². The highest BCUT2D eigenvalue weighted by Gasteiger charge is 2.24. The SMILES string of the molecule is CC(NC(=O)Nc1c(F)cccc1C(=O)O)C1CCCO1. The minimum atomic E-state index is -1.31. The largest absolute Gasteiger partial charge is 0.478 e. The van der Waals surface area contributed by atoms with E-state index in [0.29, 0.717) is 6.61 Å². The summed E-state index contributed by atoms with van der Waals surface area (Å²) >= 11 is 0. The molecule has 2 amide bonds. The third kappa shape index (κ3) is 3.69. The van der Waals surface area contributed by atoms with E-state index in [1.165, 1.54) is 12.1 Å². The van der Waals surface area contributed by atoms with Crippen molar-refractivity contribution in [3.8, 4) is 0 Å². The second-order valence-corrected chi connectivity index (χ2v) is 4.91. The number of carboxylic acid groups (broad SMARTS) is 1. The fourth-order valence-corrected chi connectivity index (χ4v) is 2.28. The maximum atomic E-state index is 13.7. The van der Waals surface area contributed by atoms with Gasteiger partial charge < -0.3 is 20.5 Å². The average molecular weight is 296 g/mol. The van der Waals surface area contributed by atoms with Crippen molar-refractivity contribution in [2.75, 3.05) is 11.9 Å². The van der Waals surface area contributed by atoms with Gasteiger partial charge in [-0.3, -0.25) is 0 Å². The summed E-state index contributed by atoms with van der Waals surface area (Å²) in [6, 6.07) is 2.69. The molecular formula is C14H17FN2O4. The average Bonchev–Trinajstić information content (AvgIpc) is 2.94. The molecule has 114 valence electrons. The molecule has 0 radical (unpaired) electrons. The van der Waals surface area contributed by atoms with Crippen molar-refractivity contribution < 1.29 is 23.8 Å². The number of aromatic carboxylic acids is 1. The quantitative estimate of drug-likeness (QED) is 0.795. The van der Waals surface area contributed by atoms with Crippen LogP contribution in [0.4, 0.5) is 14.9 Å². The Labute approximate surface area is 121 Å². The first kappa shape index (κ1) is 15.2. The second kappa shape index (κ2) is 6.53. The van der Waals surface area contributed by atoms with Gasteiger partial charge in [0.05, 0.1) is 23.4 Å². The minimum absolute atomic E-state index is 0.0738. The molecule has 1 fully saturated rings. The second-order valence-electron chi connectivity index (χ2n) is 4.91. The van der Waals surface area contributed by atoms with Crippen LogP contribution in [0.3, 0.4) is 0 Å². The molecule has 0 bridgehead atoms. The van der Waals surface area contributed by atoms with E-state index in [9.17, 15) is 14.0 Å². The molecule has 21 heavy (non-hydrogen) atoms. The van der Waals surface area contributed by atoms with Gasteiger partial charge >= 0.3 is 12.0 Å². The summed E-state index contributed by atoms with van der Waals surface area (Å²) in [7, 11) is 0. The molecule has 1 saturated heterocycles. The van der Waals surface area contributed by atoms with Crippen LogP contribution in [0.1, 0.15) is 30.1 Å². The molecule has 2 unspecified atom stereocenters. The molecule has 6 nitrogen and oxygen atoms in total. The monoisotopic (exact) mass is 296 g/mol. The molecule has 1 aliphatic rings. The summed E-state index contributed by atoms with van der Waals surface area (Å²) < 4.78 is 19.1. The summed E-state index contributed by atoms with van der Waals surface area (Å²) in [5, 5.41) is 13.9. The highest BCUT2D eigenvalue weighted by molar-refractivity contribution is 6.00. The Morgan fingerprint density at radius 3 is 2.86 bits per heavy atom. The van der Waals surface area contributed by atoms with Gasteiger partial charge in [-0.2, -0.15) is 0 Å². The lowest BCUT2D eigenvalue weighted by atomic mass is 10.1.